The van der Waals surface area contributed by atoms with Gasteiger partial charge in [0.2, 0.25) is 15.9 Å². The minimum Gasteiger partial charge on any atom is -0.326 e. The highest BCUT2D eigenvalue weighted by molar-refractivity contribution is 7.89. The summed E-state index contributed by atoms with van der Waals surface area (Å²) in [5.74, 6) is -0.458. The Bertz CT molecular complexity index is 925. The zero-order valence-electron chi connectivity index (χ0n) is 16.0. The highest BCUT2D eigenvalue weighted by Crippen LogP contribution is 2.17. The molecule has 3 N–H and O–H groups in total. The van der Waals surface area contributed by atoms with Gasteiger partial charge in [0.25, 0.3) is 5.91 Å². The van der Waals surface area contributed by atoms with Crippen molar-refractivity contribution in [2.45, 2.75) is 38.0 Å². The summed E-state index contributed by atoms with van der Waals surface area (Å²) in [6, 6.07) is 12.6. The van der Waals surface area contributed by atoms with E-state index in [0.717, 1.165) is 6.42 Å². The molecule has 7 nitrogen and oxygen atoms in total. The van der Waals surface area contributed by atoms with E-state index < -0.39 is 10.0 Å². The minimum absolute atomic E-state index is 0.103. The van der Waals surface area contributed by atoms with Gasteiger partial charge in [0, 0.05) is 29.9 Å². The van der Waals surface area contributed by atoms with Gasteiger partial charge in [0.15, 0.2) is 0 Å². The topological polar surface area (TPSA) is 104 Å². The van der Waals surface area contributed by atoms with Crippen molar-refractivity contribution in [2.24, 2.45) is 0 Å². The lowest BCUT2D eigenvalue weighted by Crippen LogP contribution is -2.24. The summed E-state index contributed by atoms with van der Waals surface area (Å²) in [6.45, 7) is 4.16. The van der Waals surface area contributed by atoms with Gasteiger partial charge >= 0.3 is 0 Å². The molecule has 0 atom stereocenters. The molecule has 0 saturated carbocycles. The van der Waals surface area contributed by atoms with E-state index in [2.05, 4.69) is 15.4 Å². The van der Waals surface area contributed by atoms with Crippen molar-refractivity contribution in [3.63, 3.8) is 0 Å². The van der Waals surface area contributed by atoms with E-state index in [9.17, 15) is 18.0 Å². The van der Waals surface area contributed by atoms with E-state index in [1.54, 1.807) is 24.3 Å². The van der Waals surface area contributed by atoms with E-state index in [1.807, 2.05) is 13.8 Å². The van der Waals surface area contributed by atoms with E-state index in [-0.39, 0.29) is 16.7 Å². The van der Waals surface area contributed by atoms with Crippen molar-refractivity contribution < 1.29 is 18.0 Å². The molecule has 0 fully saturated rings. The number of amides is 2. The summed E-state index contributed by atoms with van der Waals surface area (Å²) in [4.78, 5) is 24.3. The molecule has 0 aliphatic carbocycles. The molecular formula is C20H25N3O4S. The number of carbonyl (C=O) groups is 2. The van der Waals surface area contributed by atoms with Gasteiger partial charge in [-0.2, -0.15) is 0 Å². The van der Waals surface area contributed by atoms with Gasteiger partial charge in [-0.05, 0) is 55.3 Å². The summed E-state index contributed by atoms with van der Waals surface area (Å²) >= 11 is 0. The molecule has 2 aromatic rings. The Balaban J connectivity index is 2.06. The van der Waals surface area contributed by atoms with Crippen molar-refractivity contribution in [3.05, 3.63) is 54.1 Å². The third-order valence-corrected chi connectivity index (χ3v) is 5.33. The summed E-state index contributed by atoms with van der Waals surface area (Å²) in [5.41, 5.74) is 1.41. The van der Waals surface area contributed by atoms with Crippen molar-refractivity contribution in [1.82, 2.24) is 4.72 Å². The zero-order valence-corrected chi connectivity index (χ0v) is 16.8. The molecule has 0 bridgehead atoms. The highest BCUT2D eigenvalue weighted by atomic mass is 32.2. The lowest BCUT2D eigenvalue weighted by Gasteiger charge is -2.09. The fourth-order valence-electron chi connectivity index (χ4n) is 2.43. The van der Waals surface area contributed by atoms with Crippen LogP contribution >= 0.6 is 0 Å². The highest BCUT2D eigenvalue weighted by Gasteiger charge is 2.13. The average Bonchev–Trinajstić information content (AvgIpc) is 2.67. The lowest BCUT2D eigenvalue weighted by atomic mass is 10.1. The molecule has 0 radical (unpaired) electrons. The summed E-state index contributed by atoms with van der Waals surface area (Å²) < 4.78 is 26.7. The molecule has 0 aliphatic rings. The monoisotopic (exact) mass is 403 g/mol. The molecule has 28 heavy (non-hydrogen) atoms. The van der Waals surface area contributed by atoms with Crippen molar-refractivity contribution in [3.8, 4) is 0 Å². The van der Waals surface area contributed by atoms with E-state index in [0.29, 0.717) is 36.3 Å². The molecule has 0 spiro atoms. The second-order valence-electron chi connectivity index (χ2n) is 6.26. The maximum absolute atomic E-state index is 12.4. The normalized spacial score (nSPS) is 11.1. The van der Waals surface area contributed by atoms with Crippen LogP contribution in [0.4, 0.5) is 11.4 Å². The Morgan fingerprint density at radius 1 is 0.893 bits per heavy atom. The quantitative estimate of drug-likeness (QED) is 0.597. The van der Waals surface area contributed by atoms with Gasteiger partial charge in [0.05, 0.1) is 4.90 Å². The van der Waals surface area contributed by atoms with Gasteiger partial charge in [-0.3, -0.25) is 9.59 Å². The number of benzene rings is 2. The van der Waals surface area contributed by atoms with Crippen LogP contribution in [-0.4, -0.2) is 26.8 Å². The lowest BCUT2D eigenvalue weighted by molar-refractivity contribution is -0.116. The first-order chi connectivity index (χ1) is 13.4. The second-order valence-corrected chi connectivity index (χ2v) is 8.02. The molecule has 2 amide bonds. The third kappa shape index (κ3) is 6.17. The van der Waals surface area contributed by atoms with Crippen molar-refractivity contribution in [2.75, 3.05) is 17.2 Å². The van der Waals surface area contributed by atoms with Gasteiger partial charge in [-0.15, -0.1) is 0 Å². The van der Waals surface area contributed by atoms with Crippen LogP contribution < -0.4 is 15.4 Å². The van der Waals surface area contributed by atoms with Crippen molar-refractivity contribution >= 4 is 33.2 Å². The summed E-state index contributed by atoms with van der Waals surface area (Å²) in [6.07, 6.45) is 1.86. The molecule has 8 heteroatoms. The first-order valence-corrected chi connectivity index (χ1v) is 10.6. The molecule has 0 aliphatic heterocycles. The maximum Gasteiger partial charge on any atom is 0.255 e. The number of nitrogens with one attached hydrogen (secondary N) is 3. The summed E-state index contributed by atoms with van der Waals surface area (Å²) in [7, 11) is -3.54. The Kier molecular flexibility index (Phi) is 7.71. The number of rotatable bonds is 9. The smallest absolute Gasteiger partial charge is 0.255 e. The third-order valence-electron chi connectivity index (χ3n) is 3.85. The number of carbonyl (C=O) groups excluding carboxylic acids is 2. The Labute approximate surface area is 165 Å². The molecule has 0 heterocycles. The predicted molar refractivity (Wildman–Crippen MR) is 110 cm³/mol. The first-order valence-electron chi connectivity index (χ1n) is 9.16. The van der Waals surface area contributed by atoms with E-state index >= 15 is 0 Å². The predicted octanol–water partition coefficient (Wildman–Crippen LogP) is 3.37. The minimum atomic E-state index is -3.54. The van der Waals surface area contributed by atoms with Crippen LogP contribution in [-0.2, 0) is 14.8 Å². The second kappa shape index (κ2) is 10.0. The number of hydrogen-bond acceptors (Lipinski definition) is 4. The van der Waals surface area contributed by atoms with Crippen LogP contribution in [0.3, 0.4) is 0 Å². The molecule has 0 saturated heterocycles. The fraction of sp³-hybridized carbons (Fsp3) is 0.300. The average molecular weight is 404 g/mol. The fourth-order valence-corrected chi connectivity index (χ4v) is 3.56. The van der Waals surface area contributed by atoms with Crippen molar-refractivity contribution in [1.29, 1.82) is 0 Å². The van der Waals surface area contributed by atoms with Crippen LogP contribution in [0.25, 0.3) is 0 Å². The van der Waals surface area contributed by atoms with Crippen LogP contribution in [0.15, 0.2) is 53.4 Å². The van der Waals surface area contributed by atoms with E-state index in [1.165, 1.54) is 24.3 Å². The molecule has 150 valence electrons. The largest absolute Gasteiger partial charge is 0.326 e. The Morgan fingerprint density at radius 3 is 2.25 bits per heavy atom. The molecule has 0 aromatic heterocycles. The number of hydrogen-bond donors (Lipinski definition) is 3. The van der Waals surface area contributed by atoms with Gasteiger partial charge in [-0.1, -0.05) is 19.9 Å². The van der Waals surface area contributed by atoms with Gasteiger partial charge < -0.3 is 10.6 Å². The first kappa shape index (κ1) is 21.6. The van der Waals surface area contributed by atoms with Gasteiger partial charge in [-0.25, -0.2) is 13.1 Å². The molecular weight excluding hydrogens is 378 g/mol. The maximum atomic E-state index is 12.4. The molecule has 0 unspecified atom stereocenters. The Morgan fingerprint density at radius 2 is 1.61 bits per heavy atom. The van der Waals surface area contributed by atoms with Crippen LogP contribution in [0.1, 0.15) is 43.5 Å². The van der Waals surface area contributed by atoms with Crippen LogP contribution in [0, 0.1) is 0 Å². The molecule has 2 aromatic carbocycles. The van der Waals surface area contributed by atoms with Crippen LogP contribution in [0.2, 0.25) is 0 Å². The molecule has 2 rings (SSSR count). The van der Waals surface area contributed by atoms with E-state index in [4.69, 9.17) is 0 Å². The van der Waals surface area contributed by atoms with Gasteiger partial charge in [0.1, 0.15) is 0 Å². The number of anilines is 2. The SMILES string of the molecule is CCCNS(=O)(=O)c1ccc(NC(=O)c2cccc(NC(=O)CCC)c2)cc1. The Hall–Kier alpha value is -2.71. The van der Waals surface area contributed by atoms with Crippen LogP contribution in [0.5, 0.6) is 0 Å². The standard InChI is InChI=1S/C20H25N3O4S/c1-3-6-19(24)22-17-8-5-7-15(14-17)20(25)23-16-9-11-18(12-10-16)28(26,27)21-13-4-2/h5,7-12,14,21H,3-4,6,13H2,1-2H3,(H,22,24)(H,23,25). The zero-order chi connectivity index (χ0) is 20.6. The number of sulfonamides is 1. The summed E-state index contributed by atoms with van der Waals surface area (Å²) in [5, 5.41) is 5.47.